The van der Waals surface area contributed by atoms with Crippen molar-refractivity contribution in [1.82, 2.24) is 0 Å². The third-order valence-corrected chi connectivity index (χ3v) is 11.3. The monoisotopic (exact) mass is 722 g/mol. The van der Waals surface area contributed by atoms with Crippen LogP contribution in [-0.4, -0.2) is 43.3 Å². The Morgan fingerprint density at radius 1 is 0.774 bits per heavy atom. The van der Waals surface area contributed by atoms with Gasteiger partial charge in [-0.25, -0.2) is 4.79 Å². The minimum atomic E-state index is -0.484. The maximum Gasteiger partial charge on any atom is 0.335 e. The zero-order valence-corrected chi connectivity index (χ0v) is 32.9. The number of unbranched alkanes of at least 4 members (excludes halogenated alkanes) is 2. The molecule has 1 saturated carbocycles. The molecule has 5 rings (SSSR count). The predicted molar refractivity (Wildman–Crippen MR) is 220 cm³/mol. The first-order valence-electron chi connectivity index (χ1n) is 19.9. The van der Waals surface area contributed by atoms with Crippen molar-refractivity contribution in [3.63, 3.8) is 0 Å². The number of hydrogen-bond donors (Lipinski definition) is 2. The number of carbonyl (C=O) groups is 2. The number of esters is 1. The smallest absolute Gasteiger partial charge is 0.335 e. The molecule has 5 heteroatoms. The Bertz CT molecular complexity index is 1530. The number of fused-ring (bicyclic) bond motifs is 1. The lowest BCUT2D eigenvalue weighted by atomic mass is 9.68. The first kappa shape index (κ1) is 43.6. The molecule has 2 aliphatic rings. The number of rotatable bonds is 17. The van der Waals surface area contributed by atoms with Crippen molar-refractivity contribution >= 4 is 12.8 Å². The van der Waals surface area contributed by atoms with Gasteiger partial charge in [0.2, 0.25) is 0 Å². The van der Waals surface area contributed by atoms with E-state index in [1.807, 2.05) is 6.79 Å². The summed E-state index contributed by atoms with van der Waals surface area (Å²) in [4.78, 5) is 20.1. The third-order valence-electron chi connectivity index (χ3n) is 11.3. The molecule has 2 atom stereocenters. The highest BCUT2D eigenvalue weighted by molar-refractivity contribution is 5.87. The van der Waals surface area contributed by atoms with Crippen molar-refractivity contribution in [3.8, 4) is 11.1 Å². The summed E-state index contributed by atoms with van der Waals surface area (Å²) in [5, 5.41) is 16.2. The van der Waals surface area contributed by atoms with Crippen molar-refractivity contribution in [1.29, 1.82) is 0 Å². The Balaban J connectivity index is 0.00000183. The Labute approximate surface area is 320 Å². The molecule has 5 nitrogen and oxygen atoms in total. The average molecular weight is 723 g/mol. The van der Waals surface area contributed by atoms with Crippen LogP contribution in [0.4, 0.5) is 0 Å². The predicted octanol–water partition coefficient (Wildman–Crippen LogP) is 10.3. The Morgan fingerprint density at radius 3 is 1.94 bits per heavy atom. The zero-order valence-electron chi connectivity index (χ0n) is 32.9. The van der Waals surface area contributed by atoms with Crippen LogP contribution in [0.3, 0.4) is 0 Å². The molecular weight excluding hydrogens is 657 g/mol. The second kappa shape index (κ2) is 23.8. The molecule has 2 N–H and O–H groups in total. The Kier molecular flexibility index (Phi) is 19.6. The Hall–Kier alpha value is -3.80. The molecule has 0 bridgehead atoms. The van der Waals surface area contributed by atoms with Gasteiger partial charge in [0.05, 0.1) is 18.8 Å². The lowest BCUT2D eigenvalue weighted by Crippen LogP contribution is -2.28. The van der Waals surface area contributed by atoms with Crippen molar-refractivity contribution < 1.29 is 24.5 Å². The van der Waals surface area contributed by atoms with Crippen molar-refractivity contribution in [2.24, 2.45) is 23.7 Å². The van der Waals surface area contributed by atoms with Crippen LogP contribution in [0, 0.1) is 23.7 Å². The molecule has 1 fully saturated rings. The molecular formula is C48H66O5. The van der Waals surface area contributed by atoms with Gasteiger partial charge >= 0.3 is 5.97 Å². The molecule has 0 saturated heterocycles. The molecule has 288 valence electrons. The molecule has 0 spiro atoms. The lowest BCUT2D eigenvalue weighted by Gasteiger charge is -2.37. The van der Waals surface area contributed by atoms with Crippen LogP contribution in [-0.2, 0) is 46.4 Å². The largest absolute Gasteiger partial charge is 0.462 e. The number of hydrogen-bond acceptors (Lipinski definition) is 5. The van der Waals surface area contributed by atoms with E-state index in [1.165, 1.54) is 98.4 Å². The zero-order chi connectivity index (χ0) is 38.6. The fourth-order valence-corrected chi connectivity index (χ4v) is 8.42. The standard InChI is InChI=1S/C46H60O3.CH4O.CH2O/c1-5-6-7-8-35-11-18-40(19-12-35)41-20-13-36(14-21-41)9-10-38-17-24-45-30-44(26-25-43(45)29-38)42-22-15-37(16-23-42)28-39(27-33(2)3)32-49-46(48)34(4)31-47;2*1-2/h11-14,17-21,24,29,37,39,42,44,47H,2,4-10,15-16,22-23,25-28,30-32H2,1,3H3;2H,1H3;1H2. The maximum absolute atomic E-state index is 12.1. The highest BCUT2D eigenvalue weighted by atomic mass is 16.5. The average Bonchev–Trinajstić information content (AvgIpc) is 3.20. The van der Waals surface area contributed by atoms with Crippen LogP contribution in [0.2, 0.25) is 0 Å². The van der Waals surface area contributed by atoms with Crippen molar-refractivity contribution in [3.05, 3.63) is 119 Å². The van der Waals surface area contributed by atoms with E-state index in [-0.39, 0.29) is 18.1 Å². The number of benzene rings is 3. The summed E-state index contributed by atoms with van der Waals surface area (Å²) >= 11 is 0. The van der Waals surface area contributed by atoms with E-state index < -0.39 is 5.97 Å². The van der Waals surface area contributed by atoms with E-state index >= 15 is 0 Å². The second-order valence-electron chi connectivity index (χ2n) is 15.4. The first-order chi connectivity index (χ1) is 25.8. The summed E-state index contributed by atoms with van der Waals surface area (Å²) in [6.07, 6.45) is 18.1. The van der Waals surface area contributed by atoms with Gasteiger partial charge in [0, 0.05) is 7.11 Å². The first-order valence-corrected chi connectivity index (χ1v) is 19.9. The van der Waals surface area contributed by atoms with Gasteiger partial charge in [-0.2, -0.15) is 0 Å². The fourth-order valence-electron chi connectivity index (χ4n) is 8.42. The summed E-state index contributed by atoms with van der Waals surface area (Å²) in [6, 6.07) is 25.7. The highest BCUT2D eigenvalue weighted by Gasteiger charge is 2.31. The fraction of sp³-hybridized carbons (Fsp3) is 0.500. The van der Waals surface area contributed by atoms with Gasteiger partial charge in [-0.1, -0.05) is 111 Å². The number of aryl methyl sites for hydroxylation is 4. The van der Waals surface area contributed by atoms with Crippen LogP contribution < -0.4 is 0 Å². The summed E-state index contributed by atoms with van der Waals surface area (Å²) in [5.74, 6) is 2.10. The van der Waals surface area contributed by atoms with Gasteiger partial charge in [-0.05, 0) is 140 Å². The summed E-state index contributed by atoms with van der Waals surface area (Å²) in [5.41, 5.74) is 11.3. The summed E-state index contributed by atoms with van der Waals surface area (Å²) in [6.45, 7) is 14.0. The van der Waals surface area contributed by atoms with Crippen molar-refractivity contribution in [2.45, 2.75) is 110 Å². The summed E-state index contributed by atoms with van der Waals surface area (Å²) in [7, 11) is 1.00. The van der Waals surface area contributed by atoms with Crippen LogP contribution in [0.25, 0.3) is 11.1 Å². The highest BCUT2D eigenvalue weighted by Crippen LogP contribution is 2.41. The quantitative estimate of drug-likeness (QED) is 0.0627. The number of carbonyl (C=O) groups excluding carboxylic acids is 2. The van der Waals surface area contributed by atoms with E-state index in [4.69, 9.17) is 14.6 Å². The van der Waals surface area contributed by atoms with Gasteiger partial charge in [0.15, 0.2) is 0 Å². The Morgan fingerprint density at radius 2 is 1.36 bits per heavy atom. The molecule has 0 amide bonds. The molecule has 2 aliphatic carbocycles. The minimum absolute atomic E-state index is 0.121. The third kappa shape index (κ3) is 14.2. The van der Waals surface area contributed by atoms with Crippen LogP contribution in [0.1, 0.15) is 106 Å². The second-order valence-corrected chi connectivity index (χ2v) is 15.4. The van der Waals surface area contributed by atoms with Gasteiger partial charge in [0.25, 0.3) is 0 Å². The molecule has 0 aromatic heterocycles. The number of ether oxygens (including phenoxy) is 1. The van der Waals surface area contributed by atoms with E-state index in [2.05, 4.69) is 93.7 Å². The summed E-state index contributed by atoms with van der Waals surface area (Å²) < 4.78 is 5.49. The molecule has 0 heterocycles. The molecule has 0 aliphatic heterocycles. The normalized spacial score (nSPS) is 18.2. The van der Waals surface area contributed by atoms with E-state index in [0.717, 1.165) is 50.2 Å². The van der Waals surface area contributed by atoms with Gasteiger partial charge in [-0.3, -0.25) is 0 Å². The SMILES string of the molecule is C=C(C)CC(COC(=O)C(=C)CO)CC1CCC(C2CCc3cc(CCc4ccc(-c5ccc(CCCCC)cc5)cc4)ccc3C2)CC1.C=O.CO. The van der Waals surface area contributed by atoms with Gasteiger partial charge < -0.3 is 19.7 Å². The van der Waals surface area contributed by atoms with Crippen LogP contribution in [0.5, 0.6) is 0 Å². The topological polar surface area (TPSA) is 83.8 Å². The maximum atomic E-state index is 12.1. The minimum Gasteiger partial charge on any atom is -0.462 e. The molecule has 3 aromatic carbocycles. The van der Waals surface area contributed by atoms with Crippen LogP contribution in [0.15, 0.2) is 91.0 Å². The van der Waals surface area contributed by atoms with E-state index in [1.54, 1.807) is 11.1 Å². The molecule has 2 unspecified atom stereocenters. The molecule has 53 heavy (non-hydrogen) atoms. The van der Waals surface area contributed by atoms with Crippen LogP contribution >= 0.6 is 0 Å². The molecule has 3 aromatic rings. The van der Waals surface area contributed by atoms with E-state index in [0.29, 0.717) is 12.5 Å². The lowest BCUT2D eigenvalue weighted by molar-refractivity contribution is -0.141. The van der Waals surface area contributed by atoms with Crippen molar-refractivity contribution in [2.75, 3.05) is 20.3 Å². The number of aliphatic hydroxyl groups is 2. The van der Waals surface area contributed by atoms with Gasteiger partial charge in [-0.15, -0.1) is 6.58 Å². The number of allylic oxidation sites excluding steroid dienone is 1. The number of aliphatic hydroxyl groups excluding tert-OH is 2. The molecule has 0 radical (unpaired) electrons. The van der Waals surface area contributed by atoms with Gasteiger partial charge in [0.1, 0.15) is 6.79 Å². The van der Waals surface area contributed by atoms with E-state index in [9.17, 15) is 9.90 Å².